The highest BCUT2D eigenvalue weighted by Gasteiger charge is 2.05. The number of aryl methyl sites for hydroxylation is 3. The Morgan fingerprint density at radius 3 is 2.33 bits per heavy atom. The lowest BCUT2D eigenvalue weighted by Crippen LogP contribution is -2.36. The van der Waals surface area contributed by atoms with Gasteiger partial charge in [-0.25, -0.2) is 0 Å². The molecular weight excluding hydrogens is 288 g/mol. The van der Waals surface area contributed by atoms with Gasteiger partial charge in [0, 0.05) is 20.2 Å². The van der Waals surface area contributed by atoms with Gasteiger partial charge in [0.05, 0.1) is 13.2 Å². The van der Waals surface area contributed by atoms with Gasteiger partial charge in [-0.15, -0.1) is 12.4 Å². The van der Waals surface area contributed by atoms with Crippen LogP contribution in [0.2, 0.25) is 0 Å². The van der Waals surface area contributed by atoms with Crippen molar-refractivity contribution in [2.45, 2.75) is 27.2 Å². The second kappa shape index (κ2) is 10.6. The molecule has 0 fully saturated rings. The molecule has 21 heavy (non-hydrogen) atoms. The Balaban J connectivity index is 0.00000400. The Bertz CT molecular complexity index is 427. The second-order valence-electron chi connectivity index (χ2n) is 5.15. The molecule has 0 unspecified atom stereocenters. The quantitative estimate of drug-likeness (QED) is 0.721. The number of amides is 1. The second-order valence-corrected chi connectivity index (χ2v) is 5.15. The summed E-state index contributed by atoms with van der Waals surface area (Å²) in [5.74, 6) is 0.0310. The first-order valence-electron chi connectivity index (χ1n) is 7.07. The lowest BCUT2D eigenvalue weighted by atomic mass is 9.97. The number of nitrogens with one attached hydrogen (secondary N) is 2. The molecule has 2 N–H and O–H groups in total. The van der Waals surface area contributed by atoms with E-state index in [-0.39, 0.29) is 18.3 Å². The zero-order valence-corrected chi connectivity index (χ0v) is 14.2. The van der Waals surface area contributed by atoms with Crippen LogP contribution in [0.5, 0.6) is 0 Å². The van der Waals surface area contributed by atoms with Crippen molar-refractivity contribution in [3.8, 4) is 0 Å². The maximum Gasteiger partial charge on any atom is 0.233 e. The Kier molecular flexibility index (Phi) is 10.0. The third-order valence-corrected chi connectivity index (χ3v) is 3.31. The highest BCUT2D eigenvalue weighted by atomic mass is 35.5. The summed E-state index contributed by atoms with van der Waals surface area (Å²) in [6, 6.07) is 4.38. The summed E-state index contributed by atoms with van der Waals surface area (Å²) >= 11 is 0. The molecule has 0 spiro atoms. The van der Waals surface area contributed by atoms with Crippen LogP contribution in [0.15, 0.2) is 12.1 Å². The molecule has 0 aliphatic rings. The summed E-state index contributed by atoms with van der Waals surface area (Å²) in [5, 5.41) is 5.96. The maximum absolute atomic E-state index is 11.6. The molecule has 0 aliphatic heterocycles. The van der Waals surface area contributed by atoms with Crippen molar-refractivity contribution in [3.63, 3.8) is 0 Å². The number of carbonyl (C=O) groups is 1. The fraction of sp³-hybridized carbons (Fsp3) is 0.562. The molecule has 0 saturated heterocycles. The number of hydrogen-bond donors (Lipinski definition) is 2. The largest absolute Gasteiger partial charge is 0.383 e. The molecule has 1 aromatic carbocycles. The van der Waals surface area contributed by atoms with Crippen LogP contribution in [0.1, 0.15) is 22.3 Å². The van der Waals surface area contributed by atoms with Crippen molar-refractivity contribution in [2.24, 2.45) is 0 Å². The molecule has 0 radical (unpaired) electrons. The molecule has 0 bridgehead atoms. The van der Waals surface area contributed by atoms with Crippen LogP contribution >= 0.6 is 12.4 Å². The number of rotatable bonds is 8. The van der Waals surface area contributed by atoms with E-state index in [9.17, 15) is 4.79 Å². The van der Waals surface area contributed by atoms with Crippen LogP contribution in [-0.4, -0.2) is 39.3 Å². The van der Waals surface area contributed by atoms with E-state index in [4.69, 9.17) is 4.74 Å². The van der Waals surface area contributed by atoms with Gasteiger partial charge in [0.1, 0.15) is 0 Å². The molecule has 1 amide bonds. The van der Waals surface area contributed by atoms with Gasteiger partial charge >= 0.3 is 0 Å². The normalized spacial score (nSPS) is 10.1. The monoisotopic (exact) mass is 314 g/mol. The van der Waals surface area contributed by atoms with Crippen LogP contribution in [0.25, 0.3) is 0 Å². The van der Waals surface area contributed by atoms with E-state index in [2.05, 4.69) is 43.5 Å². The van der Waals surface area contributed by atoms with E-state index >= 15 is 0 Å². The van der Waals surface area contributed by atoms with E-state index in [1.54, 1.807) is 7.11 Å². The molecule has 1 rings (SSSR count). The predicted molar refractivity (Wildman–Crippen MR) is 89.4 cm³/mol. The third-order valence-electron chi connectivity index (χ3n) is 3.31. The Morgan fingerprint density at radius 2 is 1.76 bits per heavy atom. The van der Waals surface area contributed by atoms with Crippen LogP contribution < -0.4 is 10.6 Å². The molecular formula is C16H27ClN2O2. The third kappa shape index (κ3) is 7.46. The standard InChI is InChI=1S/C16H26N2O2.ClH/c1-12-9-13(2)15(14(3)10-12)5-6-18-16(19)11-17-7-8-20-4;/h9-10,17H,5-8,11H2,1-4H3,(H,18,19);1H. The predicted octanol–water partition coefficient (Wildman–Crippen LogP) is 1.93. The molecule has 0 saturated carbocycles. The summed E-state index contributed by atoms with van der Waals surface area (Å²) in [6.45, 7) is 8.70. The van der Waals surface area contributed by atoms with Gasteiger partial charge in [0.15, 0.2) is 0 Å². The number of ether oxygens (including phenoxy) is 1. The molecule has 0 atom stereocenters. The van der Waals surface area contributed by atoms with Crippen LogP contribution in [0.3, 0.4) is 0 Å². The van der Waals surface area contributed by atoms with Crippen LogP contribution in [0, 0.1) is 20.8 Å². The van der Waals surface area contributed by atoms with E-state index in [1.807, 2.05) is 0 Å². The smallest absolute Gasteiger partial charge is 0.233 e. The van der Waals surface area contributed by atoms with Crippen LogP contribution in [0.4, 0.5) is 0 Å². The van der Waals surface area contributed by atoms with Gasteiger partial charge in [0.2, 0.25) is 5.91 Å². The van der Waals surface area contributed by atoms with Gasteiger partial charge < -0.3 is 15.4 Å². The molecule has 5 heteroatoms. The molecule has 120 valence electrons. The van der Waals surface area contributed by atoms with Gasteiger partial charge in [-0.3, -0.25) is 4.79 Å². The number of halogens is 1. The maximum atomic E-state index is 11.6. The first kappa shape index (κ1) is 19.9. The van der Waals surface area contributed by atoms with Crippen molar-refractivity contribution >= 4 is 18.3 Å². The summed E-state index contributed by atoms with van der Waals surface area (Å²) in [4.78, 5) is 11.6. The average Bonchev–Trinajstić information content (AvgIpc) is 2.37. The van der Waals surface area contributed by atoms with Gasteiger partial charge in [-0.05, 0) is 43.9 Å². The zero-order valence-electron chi connectivity index (χ0n) is 13.4. The topological polar surface area (TPSA) is 50.4 Å². The van der Waals surface area contributed by atoms with Gasteiger partial charge in [-0.1, -0.05) is 17.7 Å². The summed E-state index contributed by atoms with van der Waals surface area (Å²) in [5.41, 5.74) is 5.23. The minimum absolute atomic E-state index is 0. The van der Waals surface area contributed by atoms with Crippen molar-refractivity contribution < 1.29 is 9.53 Å². The highest BCUT2D eigenvalue weighted by molar-refractivity contribution is 5.85. The number of methoxy groups -OCH3 is 1. The van der Waals surface area contributed by atoms with E-state index < -0.39 is 0 Å². The highest BCUT2D eigenvalue weighted by Crippen LogP contribution is 2.16. The van der Waals surface area contributed by atoms with Crippen molar-refractivity contribution in [1.82, 2.24) is 10.6 Å². The van der Waals surface area contributed by atoms with E-state index in [0.717, 1.165) is 6.42 Å². The zero-order chi connectivity index (χ0) is 15.0. The number of hydrogen-bond acceptors (Lipinski definition) is 3. The Morgan fingerprint density at radius 1 is 1.14 bits per heavy atom. The average molecular weight is 315 g/mol. The van der Waals surface area contributed by atoms with Gasteiger partial charge in [-0.2, -0.15) is 0 Å². The molecule has 0 heterocycles. The van der Waals surface area contributed by atoms with Crippen molar-refractivity contribution in [1.29, 1.82) is 0 Å². The summed E-state index contributed by atoms with van der Waals surface area (Å²) in [6.07, 6.45) is 0.877. The number of benzene rings is 1. The van der Waals surface area contributed by atoms with Gasteiger partial charge in [0.25, 0.3) is 0 Å². The summed E-state index contributed by atoms with van der Waals surface area (Å²) in [7, 11) is 1.65. The Labute approximate surface area is 134 Å². The molecule has 4 nitrogen and oxygen atoms in total. The van der Waals surface area contributed by atoms with E-state index in [0.29, 0.717) is 26.2 Å². The van der Waals surface area contributed by atoms with Crippen LogP contribution in [-0.2, 0) is 16.0 Å². The van der Waals surface area contributed by atoms with Crippen molar-refractivity contribution in [3.05, 3.63) is 34.4 Å². The fourth-order valence-electron chi connectivity index (χ4n) is 2.37. The number of carbonyl (C=O) groups excluding carboxylic acids is 1. The minimum Gasteiger partial charge on any atom is -0.383 e. The Hall–Kier alpha value is -1.10. The summed E-state index contributed by atoms with van der Waals surface area (Å²) < 4.78 is 4.90. The molecule has 0 aliphatic carbocycles. The van der Waals surface area contributed by atoms with Crippen molar-refractivity contribution in [2.75, 3.05) is 33.4 Å². The fourth-order valence-corrected chi connectivity index (χ4v) is 2.37. The minimum atomic E-state index is 0. The first-order valence-corrected chi connectivity index (χ1v) is 7.07. The first-order chi connectivity index (χ1) is 9.54. The SMILES string of the molecule is COCCNCC(=O)NCCc1c(C)cc(C)cc1C.Cl. The van der Waals surface area contributed by atoms with E-state index in [1.165, 1.54) is 22.3 Å². The lowest BCUT2D eigenvalue weighted by molar-refractivity contribution is -0.120. The lowest BCUT2D eigenvalue weighted by Gasteiger charge is -2.12. The molecule has 1 aromatic rings. The molecule has 0 aromatic heterocycles.